The van der Waals surface area contributed by atoms with E-state index in [-0.39, 0.29) is 12.5 Å². The summed E-state index contributed by atoms with van der Waals surface area (Å²) in [6.45, 7) is 5.00. The highest BCUT2D eigenvalue weighted by Crippen LogP contribution is 2.19. The number of aryl methyl sites for hydroxylation is 2. The SMILES string of the molecule is Cc1cc(C(=O)NCC2(O)CCOCC2)oc1C. The van der Waals surface area contributed by atoms with E-state index in [0.29, 0.717) is 31.8 Å². The van der Waals surface area contributed by atoms with Crippen LogP contribution < -0.4 is 5.32 Å². The zero-order chi connectivity index (χ0) is 13.2. The molecule has 2 heterocycles. The fourth-order valence-electron chi connectivity index (χ4n) is 1.95. The Labute approximate surface area is 106 Å². The Kier molecular flexibility index (Phi) is 3.73. The van der Waals surface area contributed by atoms with Crippen LogP contribution in [0.4, 0.5) is 0 Å². The van der Waals surface area contributed by atoms with Crippen molar-refractivity contribution < 1.29 is 19.1 Å². The molecule has 1 amide bonds. The van der Waals surface area contributed by atoms with E-state index in [0.717, 1.165) is 11.3 Å². The van der Waals surface area contributed by atoms with Crippen LogP contribution in [0.1, 0.15) is 34.7 Å². The van der Waals surface area contributed by atoms with E-state index in [9.17, 15) is 9.90 Å². The van der Waals surface area contributed by atoms with Gasteiger partial charge < -0.3 is 19.6 Å². The van der Waals surface area contributed by atoms with E-state index in [4.69, 9.17) is 9.15 Å². The van der Waals surface area contributed by atoms with Crippen molar-refractivity contribution in [3.63, 3.8) is 0 Å². The monoisotopic (exact) mass is 253 g/mol. The van der Waals surface area contributed by atoms with Crippen LogP contribution in [0.5, 0.6) is 0 Å². The normalized spacial score (nSPS) is 18.6. The summed E-state index contributed by atoms with van der Waals surface area (Å²) >= 11 is 0. The molecule has 0 saturated carbocycles. The first-order valence-electron chi connectivity index (χ1n) is 6.15. The van der Waals surface area contributed by atoms with E-state index < -0.39 is 5.60 Å². The number of carbonyl (C=O) groups excluding carboxylic acids is 1. The second-order valence-corrected chi connectivity index (χ2v) is 4.87. The summed E-state index contributed by atoms with van der Waals surface area (Å²) in [5, 5.41) is 12.9. The van der Waals surface area contributed by atoms with Crippen molar-refractivity contribution in [1.29, 1.82) is 0 Å². The summed E-state index contributed by atoms with van der Waals surface area (Å²) in [6.07, 6.45) is 1.09. The van der Waals surface area contributed by atoms with Crippen LogP contribution in [0.3, 0.4) is 0 Å². The van der Waals surface area contributed by atoms with Crippen molar-refractivity contribution in [3.8, 4) is 0 Å². The third-order valence-electron chi connectivity index (χ3n) is 3.39. The van der Waals surface area contributed by atoms with Crippen LogP contribution in [-0.2, 0) is 4.74 Å². The van der Waals surface area contributed by atoms with Crippen molar-refractivity contribution in [1.82, 2.24) is 5.32 Å². The molecule has 0 radical (unpaired) electrons. The Morgan fingerprint density at radius 2 is 2.11 bits per heavy atom. The molecule has 0 aliphatic carbocycles. The zero-order valence-electron chi connectivity index (χ0n) is 10.8. The van der Waals surface area contributed by atoms with Gasteiger partial charge in [-0.25, -0.2) is 0 Å². The van der Waals surface area contributed by atoms with Gasteiger partial charge >= 0.3 is 0 Å². The van der Waals surface area contributed by atoms with Gasteiger partial charge in [0, 0.05) is 32.6 Å². The predicted octanol–water partition coefficient (Wildman–Crippen LogP) is 1.17. The lowest BCUT2D eigenvalue weighted by atomic mass is 9.94. The van der Waals surface area contributed by atoms with Crippen molar-refractivity contribution in [2.75, 3.05) is 19.8 Å². The van der Waals surface area contributed by atoms with Gasteiger partial charge in [-0.2, -0.15) is 0 Å². The van der Waals surface area contributed by atoms with E-state index >= 15 is 0 Å². The molecule has 0 spiro atoms. The molecular weight excluding hydrogens is 234 g/mol. The van der Waals surface area contributed by atoms with E-state index in [1.807, 2.05) is 13.8 Å². The van der Waals surface area contributed by atoms with Crippen LogP contribution in [0.15, 0.2) is 10.5 Å². The molecule has 0 aromatic carbocycles. The minimum atomic E-state index is -0.857. The molecule has 100 valence electrons. The number of carbonyl (C=O) groups is 1. The Bertz CT molecular complexity index is 413. The second-order valence-electron chi connectivity index (χ2n) is 4.87. The largest absolute Gasteiger partial charge is 0.456 e. The minimum absolute atomic E-state index is 0.230. The molecule has 1 aliphatic heterocycles. The smallest absolute Gasteiger partial charge is 0.287 e. The Morgan fingerprint density at radius 3 is 2.67 bits per heavy atom. The maximum absolute atomic E-state index is 11.8. The molecule has 2 N–H and O–H groups in total. The molecular formula is C13H19NO4. The topological polar surface area (TPSA) is 71.7 Å². The lowest BCUT2D eigenvalue weighted by Gasteiger charge is -2.31. The predicted molar refractivity (Wildman–Crippen MR) is 65.5 cm³/mol. The van der Waals surface area contributed by atoms with Crippen molar-refractivity contribution in [2.24, 2.45) is 0 Å². The molecule has 5 heteroatoms. The quantitative estimate of drug-likeness (QED) is 0.848. The Hall–Kier alpha value is -1.33. The summed E-state index contributed by atoms with van der Waals surface area (Å²) in [4.78, 5) is 11.8. The number of ether oxygens (including phenoxy) is 1. The molecule has 0 unspecified atom stereocenters. The average Bonchev–Trinajstić information content (AvgIpc) is 2.68. The van der Waals surface area contributed by atoms with Gasteiger partial charge in [0.1, 0.15) is 5.76 Å². The van der Waals surface area contributed by atoms with Gasteiger partial charge in [-0.1, -0.05) is 0 Å². The molecule has 1 aromatic heterocycles. The fourth-order valence-corrected chi connectivity index (χ4v) is 1.95. The molecule has 1 saturated heterocycles. The first kappa shape index (κ1) is 13.1. The van der Waals surface area contributed by atoms with Gasteiger partial charge in [-0.15, -0.1) is 0 Å². The zero-order valence-corrected chi connectivity index (χ0v) is 10.8. The number of nitrogens with one attached hydrogen (secondary N) is 1. The molecule has 2 rings (SSSR count). The van der Waals surface area contributed by atoms with Gasteiger partial charge in [-0.05, 0) is 25.5 Å². The molecule has 1 aliphatic rings. The summed E-state index contributed by atoms with van der Waals surface area (Å²) in [5.74, 6) is 0.747. The number of hydrogen-bond donors (Lipinski definition) is 2. The summed E-state index contributed by atoms with van der Waals surface area (Å²) in [7, 11) is 0. The van der Waals surface area contributed by atoms with Crippen LogP contribution in [0, 0.1) is 13.8 Å². The first-order chi connectivity index (χ1) is 8.50. The van der Waals surface area contributed by atoms with E-state index in [2.05, 4.69) is 5.32 Å². The van der Waals surface area contributed by atoms with Gasteiger partial charge in [0.2, 0.25) is 0 Å². The lowest BCUT2D eigenvalue weighted by molar-refractivity contribution is -0.0605. The lowest BCUT2D eigenvalue weighted by Crippen LogP contribution is -2.46. The number of furan rings is 1. The fraction of sp³-hybridized carbons (Fsp3) is 0.615. The molecule has 1 fully saturated rings. The third kappa shape index (κ3) is 2.91. The first-order valence-corrected chi connectivity index (χ1v) is 6.15. The molecule has 0 atom stereocenters. The summed E-state index contributed by atoms with van der Waals surface area (Å²) in [6, 6.07) is 1.71. The van der Waals surface area contributed by atoms with Crippen LogP contribution >= 0.6 is 0 Å². The second kappa shape index (κ2) is 5.12. The average molecular weight is 253 g/mol. The van der Waals surface area contributed by atoms with Crippen molar-refractivity contribution in [2.45, 2.75) is 32.3 Å². The van der Waals surface area contributed by atoms with Crippen molar-refractivity contribution >= 4 is 5.91 Å². The number of amides is 1. The number of hydrogen-bond acceptors (Lipinski definition) is 4. The molecule has 18 heavy (non-hydrogen) atoms. The Balaban J connectivity index is 1.91. The van der Waals surface area contributed by atoms with Gasteiger partial charge in [0.15, 0.2) is 5.76 Å². The number of rotatable bonds is 3. The van der Waals surface area contributed by atoms with Gasteiger partial charge in [-0.3, -0.25) is 4.79 Å². The number of aliphatic hydroxyl groups is 1. The van der Waals surface area contributed by atoms with Crippen LogP contribution in [0.2, 0.25) is 0 Å². The third-order valence-corrected chi connectivity index (χ3v) is 3.39. The maximum Gasteiger partial charge on any atom is 0.287 e. The standard InChI is InChI=1S/C13H19NO4/c1-9-7-11(18-10(9)2)12(15)14-8-13(16)3-5-17-6-4-13/h7,16H,3-6,8H2,1-2H3,(H,14,15). The van der Waals surface area contributed by atoms with E-state index in [1.54, 1.807) is 6.07 Å². The van der Waals surface area contributed by atoms with Gasteiger partial charge in [0.25, 0.3) is 5.91 Å². The van der Waals surface area contributed by atoms with Crippen LogP contribution in [-0.4, -0.2) is 36.4 Å². The molecule has 5 nitrogen and oxygen atoms in total. The summed E-state index contributed by atoms with van der Waals surface area (Å²) in [5.41, 5.74) is 0.0925. The highest BCUT2D eigenvalue weighted by molar-refractivity contribution is 5.91. The highest BCUT2D eigenvalue weighted by atomic mass is 16.5. The maximum atomic E-state index is 11.8. The Morgan fingerprint density at radius 1 is 1.44 bits per heavy atom. The van der Waals surface area contributed by atoms with E-state index in [1.165, 1.54) is 0 Å². The molecule has 1 aromatic rings. The molecule has 0 bridgehead atoms. The summed E-state index contributed by atoms with van der Waals surface area (Å²) < 4.78 is 10.5. The highest BCUT2D eigenvalue weighted by Gasteiger charge is 2.30. The minimum Gasteiger partial charge on any atom is -0.456 e. The van der Waals surface area contributed by atoms with Gasteiger partial charge in [0.05, 0.1) is 5.60 Å². The van der Waals surface area contributed by atoms with Crippen LogP contribution in [0.25, 0.3) is 0 Å². The van der Waals surface area contributed by atoms with Crippen molar-refractivity contribution in [3.05, 3.63) is 23.2 Å².